The number of anilines is 2. The number of rotatable bonds is 3. The largest absolute Gasteiger partial charge is 0.338 e. The van der Waals surface area contributed by atoms with E-state index in [1.165, 1.54) is 0 Å². The predicted octanol–water partition coefficient (Wildman–Crippen LogP) is 2.91. The highest BCUT2D eigenvalue weighted by molar-refractivity contribution is 5.53. The zero-order valence-electron chi connectivity index (χ0n) is 9.81. The lowest BCUT2D eigenvalue weighted by atomic mass is 10.3. The van der Waals surface area contributed by atoms with E-state index in [4.69, 9.17) is 0 Å². The lowest BCUT2D eigenvalue weighted by Crippen LogP contribution is -2.00. The van der Waals surface area contributed by atoms with E-state index in [9.17, 15) is 0 Å². The van der Waals surface area contributed by atoms with Crippen LogP contribution in [0.5, 0.6) is 0 Å². The van der Waals surface area contributed by atoms with Crippen LogP contribution in [0.4, 0.5) is 11.5 Å². The van der Waals surface area contributed by atoms with Gasteiger partial charge in [0.2, 0.25) is 0 Å². The second kappa shape index (κ2) is 4.35. The first-order valence-corrected chi connectivity index (χ1v) is 5.39. The Morgan fingerprint density at radius 3 is 2.62 bits per heavy atom. The molecule has 84 valence electrons. The highest BCUT2D eigenvalue weighted by Gasteiger charge is 2.02. The Labute approximate surface area is 95.3 Å². The number of aryl methyl sites for hydroxylation is 1. The summed E-state index contributed by atoms with van der Waals surface area (Å²) in [6, 6.07) is 4.37. The first-order chi connectivity index (χ1) is 7.65. The molecule has 0 aromatic carbocycles. The van der Waals surface area contributed by atoms with E-state index in [1.54, 1.807) is 0 Å². The van der Waals surface area contributed by atoms with E-state index >= 15 is 0 Å². The minimum atomic E-state index is 0.376. The standard InChI is InChI=1S/C12H16N4/c1-9(2)16-8-11(7-14-16)15-12-5-4-10(3)6-13-12/h4-9H,1-3H3,(H,13,15). The van der Waals surface area contributed by atoms with Gasteiger partial charge < -0.3 is 5.32 Å². The quantitative estimate of drug-likeness (QED) is 0.857. The molecule has 0 aliphatic carbocycles. The SMILES string of the molecule is Cc1ccc(Nc2cnn(C(C)C)c2)nc1. The highest BCUT2D eigenvalue weighted by atomic mass is 15.3. The zero-order chi connectivity index (χ0) is 11.5. The van der Waals surface area contributed by atoms with Gasteiger partial charge in [-0.25, -0.2) is 4.98 Å². The van der Waals surface area contributed by atoms with Crippen molar-refractivity contribution in [3.05, 3.63) is 36.3 Å². The molecule has 0 fully saturated rings. The summed E-state index contributed by atoms with van der Waals surface area (Å²) in [5.74, 6) is 0.842. The van der Waals surface area contributed by atoms with E-state index in [0.717, 1.165) is 17.1 Å². The Balaban J connectivity index is 2.11. The summed E-state index contributed by atoms with van der Waals surface area (Å²) >= 11 is 0. The summed E-state index contributed by atoms with van der Waals surface area (Å²) in [6.45, 7) is 6.22. The van der Waals surface area contributed by atoms with Gasteiger partial charge in [0.05, 0.1) is 11.9 Å². The fraction of sp³-hybridized carbons (Fsp3) is 0.333. The van der Waals surface area contributed by atoms with Crippen LogP contribution < -0.4 is 5.32 Å². The average Bonchev–Trinajstić information content (AvgIpc) is 2.70. The van der Waals surface area contributed by atoms with Crippen LogP contribution in [0.25, 0.3) is 0 Å². The second-order valence-corrected chi connectivity index (χ2v) is 4.15. The van der Waals surface area contributed by atoms with E-state index in [1.807, 2.05) is 42.3 Å². The van der Waals surface area contributed by atoms with Gasteiger partial charge in [0.1, 0.15) is 5.82 Å². The molecule has 1 N–H and O–H groups in total. The average molecular weight is 216 g/mol. The van der Waals surface area contributed by atoms with Crippen molar-refractivity contribution < 1.29 is 0 Å². The topological polar surface area (TPSA) is 42.7 Å². The van der Waals surface area contributed by atoms with Gasteiger partial charge in [-0.3, -0.25) is 4.68 Å². The normalized spacial score (nSPS) is 10.8. The molecule has 2 heterocycles. The Kier molecular flexibility index (Phi) is 2.90. The van der Waals surface area contributed by atoms with Gasteiger partial charge in [0, 0.05) is 18.4 Å². The van der Waals surface area contributed by atoms with Gasteiger partial charge in [-0.05, 0) is 32.4 Å². The van der Waals surface area contributed by atoms with Crippen molar-refractivity contribution in [2.24, 2.45) is 0 Å². The molecule has 0 bridgehead atoms. The smallest absolute Gasteiger partial charge is 0.130 e. The first-order valence-electron chi connectivity index (χ1n) is 5.39. The second-order valence-electron chi connectivity index (χ2n) is 4.15. The number of aromatic nitrogens is 3. The Hall–Kier alpha value is -1.84. The van der Waals surface area contributed by atoms with E-state index in [2.05, 4.69) is 29.2 Å². The lowest BCUT2D eigenvalue weighted by molar-refractivity contribution is 0.532. The molecule has 0 aliphatic rings. The van der Waals surface area contributed by atoms with Crippen LogP contribution in [0, 0.1) is 6.92 Å². The molecule has 0 saturated carbocycles. The van der Waals surface area contributed by atoms with Crippen LogP contribution in [0.1, 0.15) is 25.5 Å². The van der Waals surface area contributed by atoms with E-state index in [-0.39, 0.29) is 0 Å². The van der Waals surface area contributed by atoms with Crippen molar-refractivity contribution in [2.45, 2.75) is 26.8 Å². The summed E-state index contributed by atoms with van der Waals surface area (Å²) < 4.78 is 1.91. The van der Waals surface area contributed by atoms with Crippen molar-refractivity contribution in [1.82, 2.24) is 14.8 Å². The van der Waals surface area contributed by atoms with Crippen molar-refractivity contribution in [1.29, 1.82) is 0 Å². The molecule has 0 unspecified atom stereocenters. The fourth-order valence-corrected chi connectivity index (χ4v) is 1.37. The highest BCUT2D eigenvalue weighted by Crippen LogP contribution is 2.15. The molecule has 4 heteroatoms. The van der Waals surface area contributed by atoms with Gasteiger partial charge in [-0.1, -0.05) is 6.07 Å². The van der Waals surface area contributed by atoms with Crippen LogP contribution in [0.3, 0.4) is 0 Å². The molecule has 2 aromatic heterocycles. The van der Waals surface area contributed by atoms with Gasteiger partial charge >= 0.3 is 0 Å². The summed E-state index contributed by atoms with van der Waals surface area (Å²) in [7, 11) is 0. The molecule has 0 radical (unpaired) electrons. The van der Waals surface area contributed by atoms with Crippen LogP contribution in [0.15, 0.2) is 30.7 Å². The van der Waals surface area contributed by atoms with Crippen molar-refractivity contribution in [3.63, 3.8) is 0 Å². The molecule has 4 nitrogen and oxygen atoms in total. The predicted molar refractivity (Wildman–Crippen MR) is 64.9 cm³/mol. The third-order valence-electron chi connectivity index (χ3n) is 2.31. The summed E-state index contributed by atoms with van der Waals surface area (Å²) in [5, 5.41) is 7.47. The van der Waals surface area contributed by atoms with Crippen molar-refractivity contribution in [3.8, 4) is 0 Å². The van der Waals surface area contributed by atoms with E-state index < -0.39 is 0 Å². The lowest BCUT2D eigenvalue weighted by Gasteiger charge is -2.04. The van der Waals surface area contributed by atoms with Crippen LogP contribution in [-0.2, 0) is 0 Å². The fourth-order valence-electron chi connectivity index (χ4n) is 1.37. The maximum Gasteiger partial charge on any atom is 0.130 e. The van der Waals surface area contributed by atoms with Crippen LogP contribution >= 0.6 is 0 Å². The summed E-state index contributed by atoms with van der Waals surface area (Å²) in [5.41, 5.74) is 2.12. The van der Waals surface area contributed by atoms with Gasteiger partial charge in [0.25, 0.3) is 0 Å². The van der Waals surface area contributed by atoms with Crippen LogP contribution in [-0.4, -0.2) is 14.8 Å². The van der Waals surface area contributed by atoms with Gasteiger partial charge in [-0.15, -0.1) is 0 Å². The minimum absolute atomic E-state index is 0.376. The summed E-state index contributed by atoms with van der Waals surface area (Å²) in [6.07, 6.45) is 5.63. The van der Waals surface area contributed by atoms with E-state index in [0.29, 0.717) is 6.04 Å². The molecule has 0 amide bonds. The number of hydrogen-bond acceptors (Lipinski definition) is 3. The number of hydrogen-bond donors (Lipinski definition) is 1. The molecule has 0 atom stereocenters. The molecule has 16 heavy (non-hydrogen) atoms. The maximum atomic E-state index is 4.28. The molecular formula is C12H16N4. The Bertz CT molecular complexity index is 456. The first kappa shape index (κ1) is 10.7. The van der Waals surface area contributed by atoms with Gasteiger partial charge in [-0.2, -0.15) is 5.10 Å². The monoisotopic (exact) mass is 216 g/mol. The maximum absolute atomic E-state index is 4.28. The molecule has 0 saturated heterocycles. The van der Waals surface area contributed by atoms with Gasteiger partial charge in [0.15, 0.2) is 0 Å². The molecule has 2 rings (SSSR count). The Morgan fingerprint density at radius 1 is 1.25 bits per heavy atom. The zero-order valence-corrected chi connectivity index (χ0v) is 9.81. The summed E-state index contributed by atoms with van der Waals surface area (Å²) in [4.78, 5) is 4.28. The third kappa shape index (κ3) is 2.39. The number of nitrogens with zero attached hydrogens (tertiary/aromatic N) is 3. The molecule has 2 aromatic rings. The number of pyridine rings is 1. The van der Waals surface area contributed by atoms with Crippen molar-refractivity contribution in [2.75, 3.05) is 5.32 Å². The molecule has 0 spiro atoms. The third-order valence-corrected chi connectivity index (χ3v) is 2.31. The number of nitrogens with one attached hydrogen (secondary N) is 1. The minimum Gasteiger partial charge on any atom is -0.338 e. The van der Waals surface area contributed by atoms with Crippen molar-refractivity contribution >= 4 is 11.5 Å². The Morgan fingerprint density at radius 2 is 2.06 bits per heavy atom. The molecular weight excluding hydrogens is 200 g/mol. The van der Waals surface area contributed by atoms with Crippen LogP contribution in [0.2, 0.25) is 0 Å². The molecule has 0 aliphatic heterocycles.